The van der Waals surface area contributed by atoms with Crippen LogP contribution in [0.3, 0.4) is 0 Å². The van der Waals surface area contributed by atoms with Crippen molar-refractivity contribution in [2.24, 2.45) is 0 Å². The molecule has 0 spiro atoms. The molecule has 0 radical (unpaired) electrons. The summed E-state index contributed by atoms with van der Waals surface area (Å²) in [5.41, 5.74) is 4.30. The Kier molecular flexibility index (Phi) is 11.8. The van der Waals surface area contributed by atoms with Gasteiger partial charge < -0.3 is 0 Å². The molecule has 1 unspecified atom stereocenters. The Bertz CT molecular complexity index is 261. The monoisotopic (exact) mass is 222 g/mol. The van der Waals surface area contributed by atoms with Crippen LogP contribution in [0.25, 0.3) is 0 Å². The Balaban J connectivity index is 0. The van der Waals surface area contributed by atoms with Crippen molar-refractivity contribution in [1.82, 2.24) is 0 Å². The maximum absolute atomic E-state index is 2.29. The van der Waals surface area contributed by atoms with E-state index in [1.54, 1.807) is 0 Å². The number of rotatable bonds is 2. The van der Waals surface area contributed by atoms with Gasteiger partial charge in [-0.3, -0.25) is 0 Å². The topological polar surface area (TPSA) is 0 Å². The summed E-state index contributed by atoms with van der Waals surface area (Å²) in [6.07, 6.45) is 1.23. The zero-order chi connectivity index (χ0) is 13.1. The Morgan fingerprint density at radius 1 is 1.00 bits per heavy atom. The summed E-state index contributed by atoms with van der Waals surface area (Å²) in [5, 5.41) is 0. The minimum Gasteiger partial charge on any atom is -0.0683 e. The van der Waals surface area contributed by atoms with E-state index in [-0.39, 0.29) is 0 Å². The molecule has 0 aliphatic heterocycles. The average Bonchev–Trinajstić information content (AvgIpc) is 2.33. The second-order valence-electron chi connectivity index (χ2n) is 3.67. The molecule has 1 rings (SSSR count). The first-order valence-corrected chi connectivity index (χ1v) is 6.72. The van der Waals surface area contributed by atoms with Crippen LogP contribution in [0.15, 0.2) is 18.2 Å². The van der Waals surface area contributed by atoms with Crippen molar-refractivity contribution >= 4 is 0 Å². The van der Waals surface area contributed by atoms with Crippen LogP contribution in [0, 0.1) is 13.8 Å². The summed E-state index contributed by atoms with van der Waals surface area (Å²) in [6.45, 7) is 16.9. The molecule has 0 bridgehead atoms. The highest BCUT2D eigenvalue weighted by atomic mass is 14.1. The van der Waals surface area contributed by atoms with Gasteiger partial charge in [0.25, 0.3) is 0 Å². The van der Waals surface area contributed by atoms with Crippen LogP contribution in [0.1, 0.15) is 70.6 Å². The van der Waals surface area contributed by atoms with Crippen molar-refractivity contribution in [3.05, 3.63) is 34.9 Å². The molecule has 1 atom stereocenters. The molecule has 0 saturated heterocycles. The summed E-state index contributed by atoms with van der Waals surface area (Å²) >= 11 is 0. The minimum absolute atomic E-state index is 0.700. The smallest absolute Gasteiger partial charge is 0.0190 e. The maximum Gasteiger partial charge on any atom is -0.0190 e. The second kappa shape index (κ2) is 10.7. The van der Waals surface area contributed by atoms with E-state index in [0.717, 1.165) is 0 Å². The lowest BCUT2D eigenvalue weighted by atomic mass is 9.93. The van der Waals surface area contributed by atoms with Gasteiger partial charge in [0.1, 0.15) is 0 Å². The highest BCUT2D eigenvalue weighted by Gasteiger charge is 2.04. The van der Waals surface area contributed by atoms with Crippen molar-refractivity contribution < 1.29 is 0 Å². The standard InChI is InChI=1S/C12H18.2C2H6/c1-5-10(3)12-7-6-9(2)8-11(12)4;2*1-2/h6-8,10H,5H2,1-4H3;2*1-2H3. The Labute approximate surface area is 103 Å². The molecule has 0 aliphatic carbocycles. The summed E-state index contributed by atoms with van der Waals surface area (Å²) in [4.78, 5) is 0. The Morgan fingerprint density at radius 2 is 1.50 bits per heavy atom. The molecule has 0 heteroatoms. The molecular formula is C16H30. The van der Waals surface area contributed by atoms with Crippen LogP contribution in [-0.4, -0.2) is 0 Å². The zero-order valence-corrected chi connectivity index (χ0v) is 12.5. The normalized spacial score (nSPS) is 10.5. The third kappa shape index (κ3) is 5.95. The minimum atomic E-state index is 0.700. The van der Waals surface area contributed by atoms with E-state index in [9.17, 15) is 0 Å². The first kappa shape index (κ1) is 17.6. The van der Waals surface area contributed by atoms with Gasteiger partial charge in [0.2, 0.25) is 0 Å². The van der Waals surface area contributed by atoms with Crippen molar-refractivity contribution in [3.63, 3.8) is 0 Å². The lowest BCUT2D eigenvalue weighted by Crippen LogP contribution is -1.94. The van der Waals surface area contributed by atoms with Crippen molar-refractivity contribution in [2.75, 3.05) is 0 Å². The van der Waals surface area contributed by atoms with Crippen LogP contribution >= 0.6 is 0 Å². The fourth-order valence-corrected chi connectivity index (χ4v) is 1.60. The molecule has 0 fully saturated rings. The molecule has 1 aromatic rings. The van der Waals surface area contributed by atoms with Gasteiger partial charge in [0.05, 0.1) is 0 Å². The van der Waals surface area contributed by atoms with Crippen LogP contribution in [-0.2, 0) is 0 Å². The van der Waals surface area contributed by atoms with Crippen LogP contribution in [0.4, 0.5) is 0 Å². The van der Waals surface area contributed by atoms with Gasteiger partial charge >= 0.3 is 0 Å². The third-order valence-corrected chi connectivity index (χ3v) is 2.57. The molecule has 94 valence electrons. The molecule has 0 aliphatic rings. The van der Waals surface area contributed by atoms with E-state index >= 15 is 0 Å². The van der Waals surface area contributed by atoms with Gasteiger partial charge in [-0.1, -0.05) is 65.3 Å². The summed E-state index contributed by atoms with van der Waals surface area (Å²) in [5.74, 6) is 0.700. The van der Waals surface area contributed by atoms with E-state index in [4.69, 9.17) is 0 Å². The zero-order valence-electron chi connectivity index (χ0n) is 12.5. The van der Waals surface area contributed by atoms with Crippen molar-refractivity contribution in [2.45, 2.75) is 67.7 Å². The van der Waals surface area contributed by atoms with Gasteiger partial charge in [0, 0.05) is 0 Å². The molecule has 0 amide bonds. The van der Waals surface area contributed by atoms with Gasteiger partial charge in [-0.2, -0.15) is 0 Å². The second-order valence-corrected chi connectivity index (χ2v) is 3.67. The Morgan fingerprint density at radius 3 is 1.88 bits per heavy atom. The van der Waals surface area contributed by atoms with Gasteiger partial charge in [-0.25, -0.2) is 0 Å². The summed E-state index contributed by atoms with van der Waals surface area (Å²) in [7, 11) is 0. The molecule has 0 nitrogen and oxygen atoms in total. The van der Waals surface area contributed by atoms with Gasteiger partial charge in [-0.15, -0.1) is 0 Å². The molecule has 1 aromatic carbocycles. The van der Waals surface area contributed by atoms with Gasteiger partial charge in [-0.05, 0) is 37.3 Å². The summed E-state index contributed by atoms with van der Waals surface area (Å²) < 4.78 is 0. The van der Waals surface area contributed by atoms with E-state index < -0.39 is 0 Å². The number of aryl methyl sites for hydroxylation is 2. The lowest BCUT2D eigenvalue weighted by Gasteiger charge is -2.12. The van der Waals surface area contributed by atoms with E-state index in [1.807, 2.05) is 27.7 Å². The van der Waals surface area contributed by atoms with Gasteiger partial charge in [0.15, 0.2) is 0 Å². The third-order valence-electron chi connectivity index (χ3n) is 2.57. The lowest BCUT2D eigenvalue weighted by molar-refractivity contribution is 0.728. The highest BCUT2D eigenvalue weighted by Crippen LogP contribution is 2.22. The number of hydrogen-bond acceptors (Lipinski definition) is 0. The number of hydrogen-bond donors (Lipinski definition) is 0. The highest BCUT2D eigenvalue weighted by molar-refractivity contribution is 5.32. The molecular weight excluding hydrogens is 192 g/mol. The predicted octanol–water partition coefficient (Wildman–Crippen LogP) is 5.87. The summed E-state index contributed by atoms with van der Waals surface area (Å²) in [6, 6.07) is 6.73. The quantitative estimate of drug-likeness (QED) is 0.587. The average molecular weight is 222 g/mol. The maximum atomic E-state index is 2.29. The largest absolute Gasteiger partial charge is 0.0683 e. The van der Waals surface area contributed by atoms with Crippen LogP contribution in [0.5, 0.6) is 0 Å². The van der Waals surface area contributed by atoms with E-state index in [2.05, 4.69) is 45.9 Å². The van der Waals surface area contributed by atoms with Crippen LogP contribution < -0.4 is 0 Å². The van der Waals surface area contributed by atoms with E-state index in [0.29, 0.717) is 5.92 Å². The number of benzene rings is 1. The van der Waals surface area contributed by atoms with Crippen molar-refractivity contribution in [3.8, 4) is 0 Å². The van der Waals surface area contributed by atoms with Crippen molar-refractivity contribution in [1.29, 1.82) is 0 Å². The molecule has 0 N–H and O–H groups in total. The molecule has 0 aromatic heterocycles. The Hall–Kier alpha value is -0.780. The van der Waals surface area contributed by atoms with E-state index in [1.165, 1.54) is 23.1 Å². The molecule has 0 saturated carbocycles. The fraction of sp³-hybridized carbons (Fsp3) is 0.625. The molecule has 0 heterocycles. The SMILES string of the molecule is CC.CC.CCC(C)c1ccc(C)cc1C. The molecule has 16 heavy (non-hydrogen) atoms. The predicted molar refractivity (Wildman–Crippen MR) is 77.3 cm³/mol. The first-order valence-electron chi connectivity index (χ1n) is 6.72. The fourth-order valence-electron chi connectivity index (χ4n) is 1.60. The first-order chi connectivity index (χ1) is 7.65. The van der Waals surface area contributed by atoms with Crippen LogP contribution in [0.2, 0.25) is 0 Å².